The quantitative estimate of drug-likeness (QED) is 0.798. The fraction of sp³-hybridized carbons (Fsp3) is 0.533. The Balaban J connectivity index is 1.76. The first-order valence-corrected chi connectivity index (χ1v) is 9.62. The zero-order chi connectivity index (χ0) is 18.0. The number of anilines is 1. The Labute approximate surface area is 145 Å². The fourth-order valence-corrected chi connectivity index (χ4v) is 4.55. The minimum atomic E-state index is -3.70. The van der Waals surface area contributed by atoms with Gasteiger partial charge in [0.15, 0.2) is 5.76 Å². The second-order valence-corrected chi connectivity index (χ2v) is 7.83. The van der Waals surface area contributed by atoms with E-state index >= 15 is 0 Å². The fourth-order valence-electron chi connectivity index (χ4n) is 3.15. The zero-order valence-electron chi connectivity index (χ0n) is 14.2. The molecule has 0 bridgehead atoms. The third kappa shape index (κ3) is 3.74. The SMILES string of the molecule is Cc1noc(C)c1S(=O)(=O)NCC1CCCCN1c1ccc(=O)[nH]n1. The molecular formula is C15H21N5O4S. The summed E-state index contributed by atoms with van der Waals surface area (Å²) >= 11 is 0. The van der Waals surface area contributed by atoms with E-state index < -0.39 is 10.0 Å². The zero-order valence-corrected chi connectivity index (χ0v) is 15.0. The molecule has 3 heterocycles. The van der Waals surface area contributed by atoms with Crippen LogP contribution >= 0.6 is 0 Å². The van der Waals surface area contributed by atoms with Crippen molar-refractivity contribution in [3.8, 4) is 0 Å². The number of piperidine rings is 1. The number of nitrogens with one attached hydrogen (secondary N) is 2. The predicted octanol–water partition coefficient (Wildman–Crippen LogP) is 0.712. The largest absolute Gasteiger partial charge is 0.360 e. The molecular weight excluding hydrogens is 346 g/mol. The summed E-state index contributed by atoms with van der Waals surface area (Å²) in [4.78, 5) is 13.3. The van der Waals surface area contributed by atoms with Gasteiger partial charge in [0, 0.05) is 25.2 Å². The van der Waals surface area contributed by atoms with Crippen molar-refractivity contribution < 1.29 is 12.9 Å². The van der Waals surface area contributed by atoms with Crippen molar-refractivity contribution in [1.29, 1.82) is 0 Å². The third-order valence-corrected chi connectivity index (χ3v) is 6.00. The number of sulfonamides is 1. The molecule has 0 spiro atoms. The van der Waals surface area contributed by atoms with Crippen LogP contribution in [0.1, 0.15) is 30.7 Å². The highest BCUT2D eigenvalue weighted by atomic mass is 32.2. The van der Waals surface area contributed by atoms with Crippen molar-refractivity contribution >= 4 is 15.8 Å². The lowest BCUT2D eigenvalue weighted by Gasteiger charge is -2.36. The summed E-state index contributed by atoms with van der Waals surface area (Å²) in [6.45, 7) is 4.18. The van der Waals surface area contributed by atoms with Gasteiger partial charge < -0.3 is 9.42 Å². The Morgan fingerprint density at radius 1 is 1.36 bits per heavy atom. The van der Waals surface area contributed by atoms with E-state index in [2.05, 4.69) is 20.1 Å². The van der Waals surface area contributed by atoms with Crippen LogP contribution in [-0.4, -0.2) is 42.9 Å². The smallest absolute Gasteiger partial charge is 0.264 e. The van der Waals surface area contributed by atoms with Crippen LogP contribution in [-0.2, 0) is 10.0 Å². The molecule has 2 N–H and O–H groups in total. The summed E-state index contributed by atoms with van der Waals surface area (Å²) in [6.07, 6.45) is 2.84. The number of H-pyrrole nitrogens is 1. The van der Waals surface area contributed by atoms with Gasteiger partial charge in [0.2, 0.25) is 10.0 Å². The number of hydrogen-bond donors (Lipinski definition) is 2. The van der Waals surface area contributed by atoms with Gasteiger partial charge in [0.1, 0.15) is 16.4 Å². The number of nitrogens with zero attached hydrogens (tertiary/aromatic N) is 3. The molecule has 3 rings (SSSR count). The molecule has 1 unspecified atom stereocenters. The first-order chi connectivity index (χ1) is 11.9. The molecule has 2 aromatic heterocycles. The molecule has 1 fully saturated rings. The van der Waals surface area contributed by atoms with E-state index in [1.165, 1.54) is 6.07 Å². The molecule has 0 saturated carbocycles. The first-order valence-electron chi connectivity index (χ1n) is 8.13. The maximum atomic E-state index is 12.6. The summed E-state index contributed by atoms with van der Waals surface area (Å²) in [5.41, 5.74) is 0.0734. The van der Waals surface area contributed by atoms with Gasteiger partial charge in [0.25, 0.3) is 5.56 Å². The topological polar surface area (TPSA) is 121 Å². The average molecular weight is 367 g/mol. The summed E-state index contributed by atoms with van der Waals surface area (Å²) in [5, 5.41) is 10.2. The lowest BCUT2D eigenvalue weighted by molar-refractivity contribution is 0.390. The van der Waals surface area contributed by atoms with Crippen LogP contribution in [0.2, 0.25) is 0 Å². The molecule has 1 aliphatic rings. The maximum Gasteiger partial charge on any atom is 0.264 e. The highest BCUT2D eigenvalue weighted by Gasteiger charge is 2.28. The van der Waals surface area contributed by atoms with Gasteiger partial charge in [-0.2, -0.15) is 5.10 Å². The number of rotatable bonds is 5. The van der Waals surface area contributed by atoms with E-state index in [9.17, 15) is 13.2 Å². The number of hydrogen-bond acceptors (Lipinski definition) is 7. The van der Waals surface area contributed by atoms with E-state index in [1.807, 2.05) is 4.90 Å². The van der Waals surface area contributed by atoms with E-state index in [4.69, 9.17) is 4.52 Å². The van der Waals surface area contributed by atoms with Gasteiger partial charge in [-0.15, -0.1) is 0 Å². The first kappa shape index (κ1) is 17.6. The standard InChI is InChI=1S/C15H21N5O4S/c1-10-15(11(2)24-19-10)25(22,23)16-9-12-5-3-4-8-20(12)13-6-7-14(21)18-17-13/h6-7,12,16H,3-5,8-9H2,1-2H3,(H,18,21). The predicted molar refractivity (Wildman–Crippen MR) is 91.0 cm³/mol. The summed E-state index contributed by atoms with van der Waals surface area (Å²) in [6, 6.07) is 3.03. The number of aryl methyl sites for hydroxylation is 2. The lowest BCUT2D eigenvalue weighted by atomic mass is 10.0. The molecule has 1 atom stereocenters. The molecule has 1 aliphatic heterocycles. The molecule has 0 aliphatic carbocycles. The van der Waals surface area contributed by atoms with Gasteiger partial charge >= 0.3 is 0 Å². The molecule has 136 valence electrons. The van der Waals surface area contributed by atoms with Gasteiger partial charge in [-0.3, -0.25) is 4.79 Å². The Kier molecular flexibility index (Phi) is 4.91. The summed E-state index contributed by atoms with van der Waals surface area (Å²) in [7, 11) is -3.70. The van der Waals surface area contributed by atoms with Crippen LogP contribution in [0.3, 0.4) is 0 Å². The molecule has 0 amide bonds. The minimum Gasteiger partial charge on any atom is -0.360 e. The molecule has 0 radical (unpaired) electrons. The Hall–Kier alpha value is -2.20. The van der Waals surface area contributed by atoms with Gasteiger partial charge in [-0.05, 0) is 39.2 Å². The van der Waals surface area contributed by atoms with Gasteiger partial charge in [-0.25, -0.2) is 18.2 Å². The van der Waals surface area contributed by atoms with Crippen LogP contribution in [0.25, 0.3) is 0 Å². The Bertz CT molecular complexity index is 865. The molecule has 9 nitrogen and oxygen atoms in total. The van der Waals surface area contributed by atoms with Crippen LogP contribution < -0.4 is 15.2 Å². The van der Waals surface area contributed by atoms with E-state index in [-0.39, 0.29) is 28.8 Å². The van der Waals surface area contributed by atoms with Crippen LogP contribution in [0.15, 0.2) is 26.3 Å². The highest BCUT2D eigenvalue weighted by Crippen LogP contribution is 2.23. The normalized spacial score (nSPS) is 18.5. The van der Waals surface area contributed by atoms with Crippen molar-refractivity contribution in [2.24, 2.45) is 0 Å². The third-order valence-electron chi connectivity index (χ3n) is 4.33. The Morgan fingerprint density at radius 2 is 2.16 bits per heavy atom. The minimum absolute atomic E-state index is 0.0394. The average Bonchev–Trinajstić information content (AvgIpc) is 2.93. The van der Waals surface area contributed by atoms with Crippen molar-refractivity contribution in [3.63, 3.8) is 0 Å². The second kappa shape index (κ2) is 6.96. The molecule has 2 aromatic rings. The van der Waals surface area contributed by atoms with Crippen molar-refractivity contribution in [2.75, 3.05) is 18.0 Å². The van der Waals surface area contributed by atoms with E-state index in [0.29, 0.717) is 11.5 Å². The van der Waals surface area contributed by atoms with E-state index in [0.717, 1.165) is 25.8 Å². The summed E-state index contributed by atoms with van der Waals surface area (Å²) < 4.78 is 32.8. The van der Waals surface area contributed by atoms with Gasteiger partial charge in [0.05, 0.1) is 0 Å². The second-order valence-electron chi connectivity index (χ2n) is 6.13. The maximum absolute atomic E-state index is 12.6. The monoisotopic (exact) mass is 367 g/mol. The summed E-state index contributed by atoms with van der Waals surface area (Å²) in [5.74, 6) is 0.911. The molecule has 10 heteroatoms. The lowest BCUT2D eigenvalue weighted by Crippen LogP contribution is -2.47. The number of aromatic nitrogens is 3. The molecule has 1 saturated heterocycles. The van der Waals surface area contributed by atoms with Gasteiger partial charge in [-0.1, -0.05) is 5.16 Å². The van der Waals surface area contributed by atoms with E-state index in [1.54, 1.807) is 19.9 Å². The number of aromatic amines is 1. The molecule has 25 heavy (non-hydrogen) atoms. The van der Waals surface area contributed by atoms with Crippen molar-refractivity contribution in [3.05, 3.63) is 33.9 Å². The highest BCUT2D eigenvalue weighted by molar-refractivity contribution is 7.89. The van der Waals surface area contributed by atoms with Crippen LogP contribution in [0.5, 0.6) is 0 Å². The molecule has 0 aromatic carbocycles. The van der Waals surface area contributed by atoms with Crippen LogP contribution in [0, 0.1) is 13.8 Å². The Morgan fingerprint density at radius 3 is 2.80 bits per heavy atom. The van der Waals surface area contributed by atoms with Crippen molar-refractivity contribution in [2.45, 2.75) is 44.0 Å². The van der Waals surface area contributed by atoms with Crippen molar-refractivity contribution in [1.82, 2.24) is 20.1 Å². The van der Waals surface area contributed by atoms with Crippen LogP contribution in [0.4, 0.5) is 5.82 Å².